The highest BCUT2D eigenvalue weighted by Crippen LogP contribution is 2.39. The molecule has 0 unspecified atom stereocenters. The van der Waals surface area contributed by atoms with Gasteiger partial charge in [0.05, 0.1) is 6.04 Å². The maximum atomic E-state index is 14.1. The first-order valence-corrected chi connectivity index (χ1v) is 11.9. The van der Waals surface area contributed by atoms with Crippen molar-refractivity contribution in [2.75, 3.05) is 23.7 Å². The van der Waals surface area contributed by atoms with Crippen molar-refractivity contribution in [2.24, 2.45) is 4.99 Å². The zero-order chi connectivity index (χ0) is 22.8. The van der Waals surface area contributed by atoms with Gasteiger partial charge < -0.3 is 5.73 Å². The summed E-state index contributed by atoms with van der Waals surface area (Å²) in [4.78, 5) is 26.6. The van der Waals surface area contributed by atoms with Crippen molar-refractivity contribution < 1.29 is 9.18 Å². The van der Waals surface area contributed by atoms with Crippen molar-refractivity contribution in [2.45, 2.75) is 63.1 Å². The van der Waals surface area contributed by atoms with Crippen LogP contribution in [0, 0.1) is 5.82 Å². The Morgan fingerprint density at radius 3 is 2.64 bits per heavy atom. The first-order chi connectivity index (χ1) is 16.0. The smallest absolute Gasteiger partial charge is 0.328 e. The van der Waals surface area contributed by atoms with E-state index in [4.69, 9.17) is 10.7 Å². The van der Waals surface area contributed by atoms with Crippen LogP contribution in [0.15, 0.2) is 47.6 Å². The van der Waals surface area contributed by atoms with E-state index in [2.05, 4.69) is 15.2 Å². The lowest BCUT2D eigenvalue weighted by Gasteiger charge is -2.43. The molecule has 3 heterocycles. The molecule has 1 spiro atoms. The van der Waals surface area contributed by atoms with E-state index in [9.17, 15) is 9.18 Å². The van der Waals surface area contributed by atoms with Crippen molar-refractivity contribution in [3.05, 3.63) is 54.0 Å². The fraction of sp³-hybridized carbons (Fsp3) is 0.480. The molecule has 3 fully saturated rings. The Morgan fingerprint density at radius 1 is 1.15 bits per heavy atom. The monoisotopic (exact) mass is 450 g/mol. The van der Waals surface area contributed by atoms with Crippen LogP contribution in [0.4, 0.5) is 20.7 Å². The number of hydrogen-bond acceptors (Lipinski definition) is 5. The number of urea groups is 1. The summed E-state index contributed by atoms with van der Waals surface area (Å²) >= 11 is 0. The third-order valence-electron chi connectivity index (χ3n) is 7.19. The Balaban J connectivity index is 1.42. The third-order valence-corrected chi connectivity index (χ3v) is 7.19. The molecule has 174 valence electrons. The molecule has 5 rings (SSSR count). The average Bonchev–Trinajstić information content (AvgIpc) is 3.08. The van der Waals surface area contributed by atoms with E-state index >= 15 is 0 Å². The van der Waals surface area contributed by atoms with Crippen LogP contribution in [0.2, 0.25) is 0 Å². The normalized spacial score (nSPS) is 22.8. The summed E-state index contributed by atoms with van der Waals surface area (Å²) in [6, 6.07) is 10.2. The molecule has 2 saturated heterocycles. The Hall–Kier alpha value is -3.00. The van der Waals surface area contributed by atoms with Crippen LogP contribution in [0.1, 0.15) is 50.5 Å². The minimum atomic E-state index is -0.571. The van der Waals surface area contributed by atoms with Crippen molar-refractivity contribution in [1.82, 2.24) is 15.2 Å². The zero-order valence-corrected chi connectivity index (χ0v) is 18.8. The molecule has 8 heteroatoms. The molecule has 7 nitrogen and oxygen atoms in total. The number of nitrogens with zero attached hydrogens (tertiary/aromatic N) is 4. The van der Waals surface area contributed by atoms with Gasteiger partial charge >= 0.3 is 6.03 Å². The van der Waals surface area contributed by atoms with Gasteiger partial charge in [0, 0.05) is 31.5 Å². The quantitative estimate of drug-likeness (QED) is 0.734. The molecule has 1 saturated carbocycles. The van der Waals surface area contributed by atoms with Gasteiger partial charge in [0.25, 0.3) is 0 Å². The Bertz CT molecular complexity index is 1030. The number of nitrogen functional groups attached to an aromatic ring is 1. The number of nitrogens with two attached hydrogens (primary N) is 1. The number of aromatic nitrogens is 1. The number of anilines is 2. The zero-order valence-electron chi connectivity index (χ0n) is 18.8. The Morgan fingerprint density at radius 2 is 1.94 bits per heavy atom. The van der Waals surface area contributed by atoms with Crippen molar-refractivity contribution in [3.8, 4) is 0 Å². The van der Waals surface area contributed by atoms with Crippen LogP contribution >= 0.6 is 0 Å². The fourth-order valence-corrected chi connectivity index (χ4v) is 5.43. The molecule has 0 radical (unpaired) electrons. The summed E-state index contributed by atoms with van der Waals surface area (Å²) in [5, 5.41) is 3.07. The molecule has 2 aromatic rings. The topological polar surface area (TPSA) is 86.8 Å². The van der Waals surface area contributed by atoms with Gasteiger partial charge in [0.1, 0.15) is 23.0 Å². The van der Waals surface area contributed by atoms with E-state index in [1.54, 1.807) is 17.0 Å². The van der Waals surface area contributed by atoms with E-state index in [0.29, 0.717) is 11.5 Å². The minimum Gasteiger partial charge on any atom is -0.384 e. The maximum absolute atomic E-state index is 14.1. The second-order valence-corrected chi connectivity index (χ2v) is 9.41. The molecule has 0 bridgehead atoms. The van der Waals surface area contributed by atoms with Gasteiger partial charge in [-0.1, -0.05) is 31.4 Å². The largest absolute Gasteiger partial charge is 0.384 e. The van der Waals surface area contributed by atoms with E-state index < -0.39 is 5.54 Å². The van der Waals surface area contributed by atoms with Crippen LogP contribution in [0.3, 0.4) is 0 Å². The number of rotatable bonds is 4. The van der Waals surface area contributed by atoms with Gasteiger partial charge in [-0.3, -0.25) is 20.1 Å². The molecule has 1 aromatic heterocycles. The number of amidine groups is 1. The number of aliphatic imine (C=N–C) groups is 1. The highest BCUT2D eigenvalue weighted by molar-refractivity contribution is 6.19. The lowest BCUT2D eigenvalue weighted by atomic mass is 9.84. The van der Waals surface area contributed by atoms with E-state index in [1.165, 1.54) is 31.4 Å². The molecule has 2 aliphatic heterocycles. The van der Waals surface area contributed by atoms with Gasteiger partial charge in [-0.15, -0.1) is 0 Å². The van der Waals surface area contributed by atoms with Crippen LogP contribution in [0.25, 0.3) is 0 Å². The summed E-state index contributed by atoms with van der Waals surface area (Å²) in [6.45, 7) is 2.38. The van der Waals surface area contributed by atoms with Gasteiger partial charge in [-0.25, -0.2) is 14.2 Å². The predicted molar refractivity (Wildman–Crippen MR) is 128 cm³/mol. The van der Waals surface area contributed by atoms with Crippen LogP contribution < -0.4 is 16.0 Å². The van der Waals surface area contributed by atoms with Gasteiger partial charge in [0.15, 0.2) is 0 Å². The van der Waals surface area contributed by atoms with Gasteiger partial charge in [0.2, 0.25) is 0 Å². The van der Waals surface area contributed by atoms with Gasteiger partial charge in [-0.05, 0) is 55.5 Å². The van der Waals surface area contributed by atoms with E-state index in [-0.39, 0.29) is 17.9 Å². The Labute approximate surface area is 193 Å². The lowest BCUT2D eigenvalue weighted by molar-refractivity contribution is 0.184. The van der Waals surface area contributed by atoms with Crippen molar-refractivity contribution in [1.29, 1.82) is 0 Å². The van der Waals surface area contributed by atoms with Crippen LogP contribution in [-0.4, -0.2) is 46.4 Å². The number of amides is 2. The first kappa shape index (κ1) is 21.8. The van der Waals surface area contributed by atoms with E-state index in [1.807, 2.05) is 18.3 Å². The highest BCUT2D eigenvalue weighted by atomic mass is 19.1. The SMILES string of the molecule is Nc1ccc(CN2CCC3(CC2)C(=NC2CCCCC2)NC(=O)N3c2cccc(F)c2)cn1. The predicted octanol–water partition coefficient (Wildman–Crippen LogP) is 4.10. The van der Waals surface area contributed by atoms with E-state index in [0.717, 1.165) is 56.7 Å². The summed E-state index contributed by atoms with van der Waals surface area (Å²) in [7, 11) is 0. The number of nitrogens with one attached hydrogen (secondary N) is 1. The number of carbonyl (C=O) groups is 1. The fourth-order valence-electron chi connectivity index (χ4n) is 5.43. The number of piperidine rings is 1. The number of benzene rings is 1. The number of likely N-dealkylation sites (tertiary alicyclic amines) is 1. The standard InChI is InChI=1S/C25H31FN6O/c26-19-5-4-8-21(15-19)32-24(33)30-23(29-20-6-2-1-3-7-20)25(32)11-13-31(14-12-25)17-18-9-10-22(27)28-16-18/h4-5,8-10,15-16,20H,1-3,6-7,11-14,17H2,(H2,27,28)(H,29,30,33). The summed E-state index contributed by atoms with van der Waals surface area (Å²) in [6.07, 6.45) is 9.02. The average molecular weight is 451 g/mol. The van der Waals surface area contributed by atoms with Crippen molar-refractivity contribution in [3.63, 3.8) is 0 Å². The Kier molecular flexibility index (Phi) is 6.01. The maximum Gasteiger partial charge on any atom is 0.328 e. The molecule has 3 N–H and O–H groups in total. The number of halogens is 1. The number of pyridine rings is 1. The molecular weight excluding hydrogens is 419 g/mol. The molecule has 3 aliphatic rings. The number of carbonyl (C=O) groups excluding carboxylic acids is 1. The molecule has 2 amide bonds. The molecule has 1 aliphatic carbocycles. The summed E-state index contributed by atoms with van der Waals surface area (Å²) < 4.78 is 14.1. The van der Waals surface area contributed by atoms with Crippen molar-refractivity contribution >= 4 is 23.4 Å². The first-order valence-electron chi connectivity index (χ1n) is 11.9. The second-order valence-electron chi connectivity index (χ2n) is 9.41. The second kappa shape index (κ2) is 9.09. The third kappa shape index (κ3) is 4.44. The molecule has 33 heavy (non-hydrogen) atoms. The van der Waals surface area contributed by atoms with Crippen LogP contribution in [-0.2, 0) is 6.54 Å². The molecular formula is C25H31FN6O. The van der Waals surface area contributed by atoms with Crippen LogP contribution in [0.5, 0.6) is 0 Å². The van der Waals surface area contributed by atoms with Gasteiger partial charge in [-0.2, -0.15) is 0 Å². The molecule has 0 atom stereocenters. The highest BCUT2D eigenvalue weighted by Gasteiger charge is 2.53. The number of hydrogen-bond donors (Lipinski definition) is 2. The molecule has 1 aromatic carbocycles. The summed E-state index contributed by atoms with van der Waals surface area (Å²) in [5.41, 5.74) is 6.84. The summed E-state index contributed by atoms with van der Waals surface area (Å²) in [5.74, 6) is 0.931. The lowest BCUT2D eigenvalue weighted by Crippen LogP contribution is -2.57. The minimum absolute atomic E-state index is 0.216.